The van der Waals surface area contributed by atoms with E-state index in [9.17, 15) is 14.4 Å². The highest BCUT2D eigenvalue weighted by Crippen LogP contribution is 2.54. The monoisotopic (exact) mass is 500 g/mol. The van der Waals surface area contributed by atoms with Gasteiger partial charge in [-0.3, -0.25) is 14.5 Å². The van der Waals surface area contributed by atoms with Crippen LogP contribution >= 0.6 is 0 Å². The number of hydrogen-bond donors (Lipinski definition) is 0. The molecule has 0 radical (unpaired) electrons. The van der Waals surface area contributed by atoms with Crippen LogP contribution in [0.15, 0.2) is 115 Å². The number of hydrogen-bond acceptors (Lipinski definition) is 3. The van der Waals surface area contributed by atoms with E-state index in [0.29, 0.717) is 12.1 Å². The third-order valence-corrected chi connectivity index (χ3v) is 7.86. The Morgan fingerprint density at radius 1 is 0.658 bits per heavy atom. The second-order valence-corrected chi connectivity index (χ2v) is 9.84. The van der Waals surface area contributed by atoms with Crippen LogP contribution in [0, 0.1) is 5.92 Å². The molecule has 3 amide bonds. The fourth-order valence-electron chi connectivity index (χ4n) is 6.14. The first kappa shape index (κ1) is 23.9. The van der Waals surface area contributed by atoms with Gasteiger partial charge in [0.1, 0.15) is 6.04 Å². The van der Waals surface area contributed by atoms with Crippen molar-refractivity contribution in [1.29, 1.82) is 0 Å². The van der Waals surface area contributed by atoms with Crippen molar-refractivity contribution in [2.45, 2.75) is 24.9 Å². The molecule has 0 saturated carbocycles. The summed E-state index contributed by atoms with van der Waals surface area (Å²) in [6, 6.07) is 35.4. The highest BCUT2D eigenvalue weighted by molar-refractivity contribution is 6.08. The van der Waals surface area contributed by atoms with Gasteiger partial charge < -0.3 is 4.90 Å². The molecule has 2 aliphatic rings. The molecule has 5 nitrogen and oxygen atoms in total. The zero-order valence-electron chi connectivity index (χ0n) is 21.1. The number of carbonyl (C=O) groups is 3. The molecule has 6 rings (SSSR count). The standard InChI is InChI=1S/C33H28N2O3/c1-2-34-32(37)30-27(24-14-8-4-9-15-24)28(31(36)26-16-10-5-11-17-26)29(35(30)33(34)38)25-20-18-23(19-21-25)22-12-6-3-7-13-22/h3-21,27-30H,2H2,1H3. The van der Waals surface area contributed by atoms with Gasteiger partial charge >= 0.3 is 6.03 Å². The molecule has 4 unspecified atom stereocenters. The lowest BCUT2D eigenvalue weighted by Gasteiger charge is -2.29. The zero-order chi connectivity index (χ0) is 26.2. The van der Waals surface area contributed by atoms with Crippen molar-refractivity contribution in [3.8, 4) is 11.1 Å². The molecule has 38 heavy (non-hydrogen) atoms. The Labute approximate surface area is 222 Å². The molecule has 0 bridgehead atoms. The molecule has 2 fully saturated rings. The highest BCUT2D eigenvalue weighted by atomic mass is 16.2. The van der Waals surface area contributed by atoms with Gasteiger partial charge in [0.25, 0.3) is 5.91 Å². The number of carbonyl (C=O) groups excluding carboxylic acids is 3. The average Bonchev–Trinajstić information content (AvgIpc) is 3.46. The van der Waals surface area contributed by atoms with Crippen LogP contribution in [0.4, 0.5) is 4.79 Å². The van der Waals surface area contributed by atoms with Crippen molar-refractivity contribution >= 4 is 17.7 Å². The van der Waals surface area contributed by atoms with E-state index in [4.69, 9.17) is 0 Å². The van der Waals surface area contributed by atoms with E-state index in [1.807, 2.05) is 110 Å². The van der Waals surface area contributed by atoms with Gasteiger partial charge in [-0.15, -0.1) is 0 Å². The van der Waals surface area contributed by atoms with Gasteiger partial charge in [0.2, 0.25) is 0 Å². The topological polar surface area (TPSA) is 57.7 Å². The Morgan fingerprint density at radius 3 is 1.82 bits per heavy atom. The predicted molar refractivity (Wildman–Crippen MR) is 146 cm³/mol. The normalized spacial score (nSPS) is 22.6. The summed E-state index contributed by atoms with van der Waals surface area (Å²) in [6.07, 6.45) is 0. The van der Waals surface area contributed by atoms with E-state index in [0.717, 1.165) is 22.3 Å². The third-order valence-electron chi connectivity index (χ3n) is 7.86. The number of fused-ring (bicyclic) bond motifs is 1. The number of urea groups is 1. The number of imide groups is 1. The zero-order valence-corrected chi connectivity index (χ0v) is 21.1. The smallest absolute Gasteiger partial charge is 0.304 e. The van der Waals surface area contributed by atoms with E-state index >= 15 is 0 Å². The van der Waals surface area contributed by atoms with Gasteiger partial charge in [0, 0.05) is 18.0 Å². The number of nitrogens with zero attached hydrogens (tertiary/aromatic N) is 2. The quantitative estimate of drug-likeness (QED) is 0.229. The maximum atomic E-state index is 14.2. The molecule has 0 aromatic heterocycles. The maximum Gasteiger partial charge on any atom is 0.327 e. The highest BCUT2D eigenvalue weighted by Gasteiger charge is 2.62. The summed E-state index contributed by atoms with van der Waals surface area (Å²) in [5.74, 6) is -1.37. The van der Waals surface area contributed by atoms with Crippen LogP contribution in [0.1, 0.15) is 40.4 Å². The second-order valence-electron chi connectivity index (χ2n) is 9.84. The summed E-state index contributed by atoms with van der Waals surface area (Å²) in [4.78, 5) is 44.6. The van der Waals surface area contributed by atoms with Crippen LogP contribution < -0.4 is 0 Å². The molecule has 0 spiro atoms. The lowest BCUT2D eigenvalue weighted by atomic mass is 9.75. The third kappa shape index (κ3) is 3.82. The van der Waals surface area contributed by atoms with Crippen LogP contribution in [0.25, 0.3) is 11.1 Å². The van der Waals surface area contributed by atoms with Crippen LogP contribution in [0.3, 0.4) is 0 Å². The second kappa shape index (κ2) is 9.75. The number of benzene rings is 4. The first-order chi connectivity index (χ1) is 18.6. The molecular formula is C33H28N2O3. The van der Waals surface area contributed by atoms with Crippen molar-refractivity contribution in [2.75, 3.05) is 6.54 Å². The molecule has 2 saturated heterocycles. The Kier molecular flexibility index (Phi) is 6.12. The van der Waals surface area contributed by atoms with E-state index in [1.54, 1.807) is 4.90 Å². The minimum absolute atomic E-state index is 0.0605. The fraction of sp³-hybridized carbons (Fsp3) is 0.182. The molecule has 2 heterocycles. The van der Waals surface area contributed by atoms with Gasteiger partial charge in [0.15, 0.2) is 5.78 Å². The van der Waals surface area contributed by atoms with Crippen LogP contribution in [-0.2, 0) is 4.79 Å². The van der Waals surface area contributed by atoms with E-state index < -0.39 is 23.9 Å². The van der Waals surface area contributed by atoms with Crippen molar-refractivity contribution in [1.82, 2.24) is 9.80 Å². The van der Waals surface area contributed by atoms with Crippen molar-refractivity contribution in [2.24, 2.45) is 5.92 Å². The van der Waals surface area contributed by atoms with Gasteiger partial charge in [-0.25, -0.2) is 4.79 Å². The van der Waals surface area contributed by atoms with Gasteiger partial charge in [-0.1, -0.05) is 115 Å². The lowest BCUT2D eigenvalue weighted by Crippen LogP contribution is -2.38. The number of amides is 3. The summed E-state index contributed by atoms with van der Waals surface area (Å²) in [7, 11) is 0. The molecule has 5 heteroatoms. The Hall–Kier alpha value is -4.51. The summed E-state index contributed by atoms with van der Waals surface area (Å²) in [5, 5.41) is 0. The van der Waals surface area contributed by atoms with E-state index in [-0.39, 0.29) is 17.7 Å². The molecular weight excluding hydrogens is 472 g/mol. The number of likely N-dealkylation sites (N-methyl/N-ethyl adjacent to an activating group) is 1. The van der Waals surface area contributed by atoms with Gasteiger partial charge in [-0.2, -0.15) is 0 Å². The van der Waals surface area contributed by atoms with Gasteiger partial charge in [-0.05, 0) is 29.2 Å². The van der Waals surface area contributed by atoms with Crippen molar-refractivity contribution < 1.29 is 14.4 Å². The molecule has 4 atom stereocenters. The maximum absolute atomic E-state index is 14.2. The molecule has 188 valence electrons. The lowest BCUT2D eigenvalue weighted by molar-refractivity contribution is -0.128. The first-order valence-electron chi connectivity index (χ1n) is 13.0. The number of Topliss-reactive ketones (excluding diaryl/α,β-unsaturated/α-hetero) is 1. The largest absolute Gasteiger partial charge is 0.327 e. The molecule has 4 aromatic rings. The summed E-state index contributed by atoms with van der Waals surface area (Å²) in [6.45, 7) is 2.11. The minimum Gasteiger partial charge on any atom is -0.304 e. The van der Waals surface area contributed by atoms with Gasteiger partial charge in [0.05, 0.1) is 12.0 Å². The summed E-state index contributed by atoms with van der Waals surface area (Å²) >= 11 is 0. The Balaban J connectivity index is 1.52. The van der Waals surface area contributed by atoms with Crippen molar-refractivity contribution in [3.05, 3.63) is 132 Å². The first-order valence-corrected chi connectivity index (χ1v) is 13.0. The van der Waals surface area contributed by atoms with E-state index in [2.05, 4.69) is 12.1 Å². The summed E-state index contributed by atoms with van der Waals surface area (Å²) in [5.41, 5.74) is 4.46. The molecule has 0 N–H and O–H groups in total. The number of ketones is 1. The van der Waals surface area contributed by atoms with Crippen LogP contribution in [-0.4, -0.2) is 40.1 Å². The SMILES string of the molecule is CCN1C(=O)C2C(c3ccccc3)C(C(=O)c3ccccc3)C(c3ccc(-c4ccccc4)cc3)N2C1=O. The summed E-state index contributed by atoms with van der Waals surface area (Å²) < 4.78 is 0. The van der Waals surface area contributed by atoms with Crippen LogP contribution in [0.2, 0.25) is 0 Å². The molecule has 0 aliphatic carbocycles. The molecule has 4 aromatic carbocycles. The predicted octanol–water partition coefficient (Wildman–Crippen LogP) is 6.34. The van der Waals surface area contributed by atoms with Crippen molar-refractivity contribution in [3.63, 3.8) is 0 Å². The fourth-order valence-corrected chi connectivity index (χ4v) is 6.14. The number of rotatable bonds is 6. The Bertz CT molecular complexity index is 1470. The average molecular weight is 501 g/mol. The van der Waals surface area contributed by atoms with E-state index in [1.165, 1.54) is 4.90 Å². The minimum atomic E-state index is -0.735. The molecule has 2 aliphatic heterocycles. The van der Waals surface area contributed by atoms with Crippen LogP contribution in [0.5, 0.6) is 0 Å². The Morgan fingerprint density at radius 2 is 1.21 bits per heavy atom.